The maximum atomic E-state index is 10.5. The highest BCUT2D eigenvalue weighted by atomic mass is 32.2. The lowest BCUT2D eigenvalue weighted by atomic mass is 10.2. The minimum Gasteiger partial charge on any atom is -0.396 e. The molecule has 0 saturated carbocycles. The van der Waals surface area contributed by atoms with Crippen LogP contribution >= 0.6 is 0 Å². The highest BCUT2D eigenvalue weighted by Crippen LogP contribution is 2.08. The molecular formula is C15H28NO4S+. The molecule has 0 heterocycles. The molecule has 0 fully saturated rings. The zero-order valence-electron chi connectivity index (χ0n) is 13.4. The molecule has 122 valence electrons. The molecule has 0 saturated heterocycles. The summed E-state index contributed by atoms with van der Waals surface area (Å²) in [6, 6.07) is 5.99. The molecule has 0 aliphatic carbocycles. The van der Waals surface area contributed by atoms with Gasteiger partial charge in [-0.05, 0) is 38.3 Å². The summed E-state index contributed by atoms with van der Waals surface area (Å²) in [6.07, 6.45) is 3.34. The molecule has 0 bridgehead atoms. The summed E-state index contributed by atoms with van der Waals surface area (Å²) in [6.45, 7) is 3.39. The number of aliphatic hydroxyl groups excluding tert-OH is 1. The first-order valence-corrected chi connectivity index (χ1v) is 8.46. The zero-order valence-corrected chi connectivity index (χ0v) is 14.2. The first-order valence-electron chi connectivity index (χ1n) is 7.02. The Bertz CT molecular complexity index is 489. The van der Waals surface area contributed by atoms with E-state index in [1.54, 1.807) is 12.1 Å². The van der Waals surface area contributed by atoms with Crippen LogP contribution in [-0.4, -0.2) is 56.9 Å². The number of nitrogens with zero attached hydrogens (tertiary/aromatic N) is 1. The molecule has 1 rings (SSSR count). The molecular weight excluding hydrogens is 290 g/mol. The smallest absolute Gasteiger partial charge is 0.294 e. The molecule has 2 N–H and O–H groups in total. The van der Waals surface area contributed by atoms with Gasteiger partial charge >= 0.3 is 0 Å². The Morgan fingerprint density at radius 2 is 1.52 bits per heavy atom. The molecule has 5 nitrogen and oxygen atoms in total. The van der Waals surface area contributed by atoms with Gasteiger partial charge in [-0.1, -0.05) is 17.7 Å². The van der Waals surface area contributed by atoms with Crippen LogP contribution in [0.25, 0.3) is 0 Å². The summed E-state index contributed by atoms with van der Waals surface area (Å²) < 4.78 is 30.6. The molecule has 0 atom stereocenters. The Morgan fingerprint density at radius 1 is 1.00 bits per heavy atom. The zero-order chi connectivity index (χ0) is 16.5. The summed E-state index contributed by atoms with van der Waals surface area (Å²) in [4.78, 5) is -0.0666. The van der Waals surface area contributed by atoms with Crippen molar-refractivity contribution in [3.63, 3.8) is 0 Å². The summed E-state index contributed by atoms with van der Waals surface area (Å²) in [5, 5.41) is 8.49. The van der Waals surface area contributed by atoms with Crippen molar-refractivity contribution < 1.29 is 22.6 Å². The van der Waals surface area contributed by atoms with Crippen molar-refractivity contribution in [2.75, 3.05) is 34.3 Å². The van der Waals surface area contributed by atoms with Crippen LogP contribution in [0.2, 0.25) is 0 Å². The Kier molecular flexibility index (Phi) is 8.73. The van der Waals surface area contributed by atoms with Crippen molar-refractivity contribution in [1.82, 2.24) is 0 Å². The van der Waals surface area contributed by atoms with E-state index in [0.717, 1.165) is 22.9 Å². The Balaban J connectivity index is 0.000000384. The lowest BCUT2D eigenvalue weighted by Crippen LogP contribution is -2.35. The average Bonchev–Trinajstić information content (AvgIpc) is 2.34. The molecule has 1 aromatic carbocycles. The van der Waals surface area contributed by atoms with Crippen LogP contribution in [0, 0.1) is 6.92 Å². The van der Waals surface area contributed by atoms with E-state index in [2.05, 4.69) is 21.1 Å². The first kappa shape index (κ1) is 20.1. The van der Waals surface area contributed by atoms with Crippen LogP contribution in [0.15, 0.2) is 29.2 Å². The fraction of sp³-hybridized carbons (Fsp3) is 0.600. The SMILES string of the molecule is C[N+](C)(C)CCCCCO.Cc1ccc(S(=O)(=O)O)cc1. The summed E-state index contributed by atoms with van der Waals surface area (Å²) >= 11 is 0. The molecule has 0 unspecified atom stereocenters. The third-order valence-corrected chi connectivity index (χ3v) is 3.67. The fourth-order valence-corrected chi connectivity index (χ4v) is 2.06. The molecule has 0 aliphatic rings. The van der Waals surface area contributed by atoms with Gasteiger partial charge in [0.25, 0.3) is 10.1 Å². The maximum Gasteiger partial charge on any atom is 0.294 e. The van der Waals surface area contributed by atoms with Gasteiger partial charge in [0.15, 0.2) is 0 Å². The standard InChI is InChI=1S/C8H20NO.C7H8O3S/c1-9(2,3)7-5-4-6-8-10;1-6-2-4-7(5-3-6)11(8,9)10/h10H,4-8H2,1-3H3;2-5H,1H3,(H,8,9,10)/q+1;. The van der Waals surface area contributed by atoms with E-state index in [4.69, 9.17) is 9.66 Å². The second-order valence-electron chi connectivity index (χ2n) is 6.09. The van der Waals surface area contributed by atoms with E-state index in [0.29, 0.717) is 6.61 Å². The molecule has 0 aliphatic heterocycles. The second-order valence-corrected chi connectivity index (χ2v) is 7.51. The van der Waals surface area contributed by atoms with Gasteiger partial charge in [0.05, 0.1) is 32.6 Å². The van der Waals surface area contributed by atoms with Gasteiger partial charge in [-0.25, -0.2) is 0 Å². The van der Waals surface area contributed by atoms with Crippen LogP contribution in [0.3, 0.4) is 0 Å². The number of unbranched alkanes of at least 4 members (excludes halogenated alkanes) is 2. The lowest BCUT2D eigenvalue weighted by Gasteiger charge is -2.23. The van der Waals surface area contributed by atoms with Crippen LogP contribution in [0.1, 0.15) is 24.8 Å². The van der Waals surface area contributed by atoms with E-state index >= 15 is 0 Å². The molecule has 0 aromatic heterocycles. The highest BCUT2D eigenvalue weighted by Gasteiger charge is 2.06. The van der Waals surface area contributed by atoms with E-state index in [9.17, 15) is 8.42 Å². The number of hydrogen-bond acceptors (Lipinski definition) is 3. The molecule has 0 amide bonds. The van der Waals surface area contributed by atoms with Gasteiger partial charge in [0.1, 0.15) is 0 Å². The van der Waals surface area contributed by atoms with Gasteiger partial charge in [-0.3, -0.25) is 4.55 Å². The van der Waals surface area contributed by atoms with Crippen molar-refractivity contribution in [2.45, 2.75) is 31.1 Å². The van der Waals surface area contributed by atoms with Crippen molar-refractivity contribution in [3.8, 4) is 0 Å². The highest BCUT2D eigenvalue weighted by molar-refractivity contribution is 7.85. The third-order valence-electron chi connectivity index (χ3n) is 2.81. The van der Waals surface area contributed by atoms with Gasteiger partial charge < -0.3 is 9.59 Å². The molecule has 1 aromatic rings. The topological polar surface area (TPSA) is 74.6 Å². The largest absolute Gasteiger partial charge is 0.396 e. The van der Waals surface area contributed by atoms with Gasteiger partial charge in [0.2, 0.25) is 0 Å². The predicted octanol–water partition coefficient (Wildman–Crippen LogP) is 2.10. The monoisotopic (exact) mass is 318 g/mol. The minimum absolute atomic E-state index is 0.0666. The van der Waals surface area contributed by atoms with Gasteiger partial charge in [-0.15, -0.1) is 0 Å². The normalized spacial score (nSPS) is 11.7. The molecule has 21 heavy (non-hydrogen) atoms. The summed E-state index contributed by atoms with van der Waals surface area (Å²) in [7, 11) is 2.56. The minimum atomic E-state index is -4.02. The lowest BCUT2D eigenvalue weighted by molar-refractivity contribution is -0.870. The summed E-state index contributed by atoms with van der Waals surface area (Å²) in [5.74, 6) is 0. The number of rotatable bonds is 6. The predicted molar refractivity (Wildman–Crippen MR) is 84.8 cm³/mol. The quantitative estimate of drug-likeness (QED) is 0.478. The average molecular weight is 318 g/mol. The third kappa shape index (κ3) is 11.4. The number of quaternary nitrogens is 1. The van der Waals surface area contributed by atoms with Crippen molar-refractivity contribution >= 4 is 10.1 Å². The van der Waals surface area contributed by atoms with E-state index in [1.807, 2.05) is 6.92 Å². The van der Waals surface area contributed by atoms with Crippen LogP contribution in [0.4, 0.5) is 0 Å². The second kappa shape index (κ2) is 9.15. The van der Waals surface area contributed by atoms with Crippen molar-refractivity contribution in [1.29, 1.82) is 0 Å². The Labute approximate surface area is 128 Å². The van der Waals surface area contributed by atoms with E-state index in [1.165, 1.54) is 25.1 Å². The van der Waals surface area contributed by atoms with Crippen molar-refractivity contribution in [3.05, 3.63) is 29.8 Å². The number of aliphatic hydroxyl groups is 1. The maximum absolute atomic E-state index is 10.5. The van der Waals surface area contributed by atoms with Crippen LogP contribution in [-0.2, 0) is 10.1 Å². The molecule has 0 radical (unpaired) electrons. The van der Waals surface area contributed by atoms with E-state index < -0.39 is 10.1 Å². The summed E-state index contributed by atoms with van der Waals surface area (Å²) in [5.41, 5.74) is 0.956. The number of benzene rings is 1. The van der Waals surface area contributed by atoms with Gasteiger partial charge in [0, 0.05) is 6.61 Å². The molecule has 6 heteroatoms. The van der Waals surface area contributed by atoms with Crippen LogP contribution in [0.5, 0.6) is 0 Å². The Morgan fingerprint density at radius 3 is 1.90 bits per heavy atom. The van der Waals surface area contributed by atoms with Gasteiger partial charge in [-0.2, -0.15) is 8.42 Å². The van der Waals surface area contributed by atoms with Crippen LogP contribution < -0.4 is 0 Å². The van der Waals surface area contributed by atoms with E-state index in [-0.39, 0.29) is 4.90 Å². The fourth-order valence-electron chi connectivity index (χ4n) is 1.58. The number of aryl methyl sites for hydroxylation is 1. The molecule has 0 spiro atoms. The number of hydrogen-bond donors (Lipinski definition) is 2. The first-order chi connectivity index (χ1) is 9.56. The Hall–Kier alpha value is -0.950. The van der Waals surface area contributed by atoms with Crippen molar-refractivity contribution in [2.24, 2.45) is 0 Å².